The van der Waals surface area contributed by atoms with Crippen LogP contribution < -0.4 is 19.5 Å². The van der Waals surface area contributed by atoms with Crippen LogP contribution in [-0.2, 0) is 11.2 Å². The minimum absolute atomic E-state index is 0.186. The van der Waals surface area contributed by atoms with Gasteiger partial charge in [-0.1, -0.05) is 68.4 Å². The normalized spacial score (nSPS) is 11.5. The molecule has 0 fully saturated rings. The average molecular weight is 554 g/mol. The second-order valence-corrected chi connectivity index (χ2v) is 9.90. The minimum atomic E-state index is -1.02. The van der Waals surface area contributed by atoms with E-state index < -0.39 is 12.1 Å². The van der Waals surface area contributed by atoms with Gasteiger partial charge in [0.15, 0.2) is 6.10 Å². The first-order chi connectivity index (χ1) is 19.8. The van der Waals surface area contributed by atoms with E-state index in [0.29, 0.717) is 29.5 Å². The van der Waals surface area contributed by atoms with Crippen LogP contribution in [0.2, 0.25) is 0 Å². The zero-order valence-electron chi connectivity index (χ0n) is 23.5. The molecule has 0 aromatic heterocycles. The standard InChI is InChI=1S/C34H35NO6/c1-23(2)25-14-18-29(19-15-25)41-32(34(37)38)22-24-8-16-28(17-9-24)40-21-20-35-33(36)27-12-10-26(11-13-27)30-6-4-5-7-31(30)39-3/h4-19,23,32H,20-22H2,1-3H3,(H,35,36)(H,37,38). The zero-order valence-corrected chi connectivity index (χ0v) is 23.5. The molecule has 7 nitrogen and oxygen atoms in total. The third kappa shape index (κ3) is 8.11. The van der Waals surface area contributed by atoms with E-state index in [2.05, 4.69) is 19.2 Å². The molecular formula is C34H35NO6. The van der Waals surface area contributed by atoms with Crippen molar-refractivity contribution in [3.05, 3.63) is 114 Å². The summed E-state index contributed by atoms with van der Waals surface area (Å²) in [5, 5.41) is 12.5. The number of amides is 1. The van der Waals surface area contributed by atoms with Crippen LogP contribution >= 0.6 is 0 Å². The smallest absolute Gasteiger partial charge is 0.345 e. The molecule has 4 rings (SSSR count). The van der Waals surface area contributed by atoms with Gasteiger partial charge in [0.05, 0.1) is 13.7 Å². The molecular weight excluding hydrogens is 518 g/mol. The fourth-order valence-electron chi connectivity index (χ4n) is 4.33. The monoisotopic (exact) mass is 553 g/mol. The van der Waals surface area contributed by atoms with Crippen molar-refractivity contribution in [2.75, 3.05) is 20.3 Å². The molecule has 0 saturated heterocycles. The molecule has 0 heterocycles. The Balaban J connectivity index is 1.23. The molecule has 212 valence electrons. The number of methoxy groups -OCH3 is 1. The molecule has 0 saturated carbocycles. The van der Waals surface area contributed by atoms with Crippen LogP contribution in [-0.4, -0.2) is 43.3 Å². The molecule has 1 atom stereocenters. The number of benzene rings is 4. The van der Waals surface area contributed by atoms with Gasteiger partial charge in [0.1, 0.15) is 23.9 Å². The number of carboxylic acids is 1. The molecule has 7 heteroatoms. The van der Waals surface area contributed by atoms with Crippen molar-refractivity contribution in [2.24, 2.45) is 0 Å². The van der Waals surface area contributed by atoms with Crippen LogP contribution in [0.1, 0.15) is 41.3 Å². The topological polar surface area (TPSA) is 94.1 Å². The molecule has 0 aliphatic carbocycles. The van der Waals surface area contributed by atoms with Crippen LogP contribution in [0.4, 0.5) is 0 Å². The number of ether oxygens (including phenoxy) is 3. The maximum atomic E-state index is 12.6. The lowest BCUT2D eigenvalue weighted by atomic mass is 10.0. The number of rotatable bonds is 13. The third-order valence-electron chi connectivity index (χ3n) is 6.67. The highest BCUT2D eigenvalue weighted by Gasteiger charge is 2.20. The number of para-hydroxylation sites is 1. The lowest BCUT2D eigenvalue weighted by molar-refractivity contribution is -0.145. The van der Waals surface area contributed by atoms with E-state index >= 15 is 0 Å². The first-order valence-corrected chi connectivity index (χ1v) is 13.6. The maximum Gasteiger partial charge on any atom is 0.345 e. The van der Waals surface area contributed by atoms with Crippen LogP contribution in [0, 0.1) is 0 Å². The summed E-state index contributed by atoms with van der Waals surface area (Å²) in [6.07, 6.45) is -0.793. The van der Waals surface area contributed by atoms with E-state index in [1.165, 1.54) is 5.56 Å². The summed E-state index contributed by atoms with van der Waals surface area (Å²) in [6.45, 7) is 4.82. The van der Waals surface area contributed by atoms with Crippen LogP contribution in [0.3, 0.4) is 0 Å². The fraction of sp³-hybridized carbons (Fsp3) is 0.235. The Kier molecular flexibility index (Phi) is 9.99. The second kappa shape index (κ2) is 14.0. The van der Waals surface area contributed by atoms with Gasteiger partial charge in [-0.25, -0.2) is 4.79 Å². The number of carbonyl (C=O) groups is 2. The van der Waals surface area contributed by atoms with Gasteiger partial charge in [-0.3, -0.25) is 4.79 Å². The summed E-state index contributed by atoms with van der Waals surface area (Å²) < 4.78 is 16.9. The van der Waals surface area contributed by atoms with Gasteiger partial charge < -0.3 is 24.6 Å². The van der Waals surface area contributed by atoms with Crippen molar-refractivity contribution in [3.8, 4) is 28.4 Å². The Bertz CT molecular complexity index is 1430. The highest BCUT2D eigenvalue weighted by molar-refractivity contribution is 5.94. The fourth-order valence-corrected chi connectivity index (χ4v) is 4.33. The molecule has 0 radical (unpaired) electrons. The summed E-state index contributed by atoms with van der Waals surface area (Å²) in [4.78, 5) is 24.4. The third-order valence-corrected chi connectivity index (χ3v) is 6.67. The van der Waals surface area contributed by atoms with Crippen LogP contribution in [0.15, 0.2) is 97.1 Å². The lowest BCUT2D eigenvalue weighted by Crippen LogP contribution is -2.29. The second-order valence-electron chi connectivity index (χ2n) is 9.90. The Morgan fingerprint density at radius 3 is 2.12 bits per heavy atom. The molecule has 0 aliphatic heterocycles. The van der Waals surface area contributed by atoms with Crippen molar-refractivity contribution < 1.29 is 28.9 Å². The van der Waals surface area contributed by atoms with Gasteiger partial charge in [0.25, 0.3) is 5.91 Å². The Morgan fingerprint density at radius 1 is 0.829 bits per heavy atom. The van der Waals surface area contributed by atoms with E-state index in [-0.39, 0.29) is 18.9 Å². The van der Waals surface area contributed by atoms with E-state index in [4.69, 9.17) is 14.2 Å². The van der Waals surface area contributed by atoms with Crippen LogP contribution in [0.25, 0.3) is 11.1 Å². The largest absolute Gasteiger partial charge is 0.496 e. The number of hydrogen-bond acceptors (Lipinski definition) is 5. The molecule has 1 amide bonds. The summed E-state index contributed by atoms with van der Waals surface area (Å²) in [5.74, 6) is 1.10. The molecule has 0 spiro atoms. The van der Waals surface area contributed by atoms with Gasteiger partial charge in [-0.15, -0.1) is 0 Å². The number of carboxylic acid groups (broad SMARTS) is 1. The molecule has 4 aromatic rings. The van der Waals surface area contributed by atoms with Crippen LogP contribution in [0.5, 0.6) is 17.2 Å². The number of hydrogen-bond donors (Lipinski definition) is 2. The van der Waals surface area contributed by atoms with Crippen molar-refractivity contribution in [2.45, 2.75) is 32.3 Å². The highest BCUT2D eigenvalue weighted by Crippen LogP contribution is 2.29. The van der Waals surface area contributed by atoms with E-state index in [1.807, 2.05) is 60.7 Å². The summed E-state index contributed by atoms with van der Waals surface area (Å²) >= 11 is 0. The first-order valence-electron chi connectivity index (χ1n) is 13.6. The minimum Gasteiger partial charge on any atom is -0.496 e. The van der Waals surface area contributed by atoms with Crippen molar-refractivity contribution in [1.29, 1.82) is 0 Å². The van der Waals surface area contributed by atoms with E-state index in [9.17, 15) is 14.7 Å². The van der Waals surface area contributed by atoms with Crippen molar-refractivity contribution in [3.63, 3.8) is 0 Å². The maximum absolute atomic E-state index is 12.6. The Hall–Kier alpha value is -4.78. The Morgan fingerprint density at radius 2 is 1.49 bits per heavy atom. The molecule has 4 aromatic carbocycles. The highest BCUT2D eigenvalue weighted by atomic mass is 16.5. The summed E-state index contributed by atoms with van der Waals surface area (Å²) in [5.41, 5.74) is 4.46. The molecule has 41 heavy (non-hydrogen) atoms. The first kappa shape index (κ1) is 29.2. The van der Waals surface area contributed by atoms with Gasteiger partial charge in [-0.05, 0) is 65.1 Å². The van der Waals surface area contributed by atoms with Gasteiger partial charge >= 0.3 is 5.97 Å². The number of nitrogens with one attached hydrogen (secondary N) is 1. The zero-order chi connectivity index (χ0) is 29.2. The predicted octanol–water partition coefficient (Wildman–Crippen LogP) is 6.37. The number of carbonyl (C=O) groups excluding carboxylic acids is 1. The van der Waals surface area contributed by atoms with E-state index in [1.54, 1.807) is 43.5 Å². The summed E-state index contributed by atoms with van der Waals surface area (Å²) in [6, 6.07) is 29.8. The molecule has 0 aliphatic rings. The SMILES string of the molecule is COc1ccccc1-c1ccc(C(=O)NCCOc2ccc(CC(Oc3ccc(C(C)C)cc3)C(=O)O)cc2)cc1. The average Bonchev–Trinajstić information content (AvgIpc) is 3.00. The predicted molar refractivity (Wildman–Crippen MR) is 159 cm³/mol. The summed E-state index contributed by atoms with van der Waals surface area (Å²) in [7, 11) is 1.63. The Labute approximate surface area is 240 Å². The lowest BCUT2D eigenvalue weighted by Gasteiger charge is -2.16. The van der Waals surface area contributed by atoms with Crippen molar-refractivity contribution >= 4 is 11.9 Å². The molecule has 1 unspecified atom stereocenters. The van der Waals surface area contributed by atoms with E-state index in [0.717, 1.165) is 22.4 Å². The number of aliphatic carboxylic acids is 1. The molecule has 2 N–H and O–H groups in total. The van der Waals surface area contributed by atoms with Gasteiger partial charge in [0, 0.05) is 17.5 Å². The molecule has 0 bridgehead atoms. The quantitative estimate of drug-likeness (QED) is 0.187. The van der Waals surface area contributed by atoms with Gasteiger partial charge in [-0.2, -0.15) is 0 Å². The van der Waals surface area contributed by atoms with Crippen molar-refractivity contribution in [1.82, 2.24) is 5.32 Å². The van der Waals surface area contributed by atoms with Gasteiger partial charge in [0.2, 0.25) is 0 Å².